The second-order valence-corrected chi connectivity index (χ2v) is 5.35. The van der Waals surface area contributed by atoms with Crippen molar-refractivity contribution in [2.24, 2.45) is 0 Å². The normalized spacial score (nSPS) is 13.0. The Balaban J connectivity index is 1.89. The highest BCUT2D eigenvalue weighted by atomic mass is 32.1. The Morgan fingerprint density at radius 2 is 2.28 bits per heavy atom. The molecule has 0 aliphatic carbocycles. The summed E-state index contributed by atoms with van der Waals surface area (Å²) in [5, 5.41) is 11.2. The molecule has 1 N–H and O–H groups in total. The topological polar surface area (TPSA) is 46.3 Å². The third-order valence-electron chi connectivity index (χ3n) is 2.90. The number of furan rings is 1. The molecule has 0 saturated heterocycles. The monoisotopic (exact) mass is 259 g/mol. The molecule has 0 aliphatic rings. The van der Waals surface area contributed by atoms with Gasteiger partial charge in [0.2, 0.25) is 0 Å². The lowest BCUT2D eigenvalue weighted by atomic mass is 10.1. The molecule has 0 aliphatic heterocycles. The van der Waals surface area contributed by atoms with E-state index in [4.69, 9.17) is 4.42 Å². The van der Waals surface area contributed by atoms with Gasteiger partial charge in [0, 0.05) is 22.9 Å². The molecule has 3 aromatic rings. The second kappa shape index (κ2) is 4.55. The van der Waals surface area contributed by atoms with Gasteiger partial charge < -0.3 is 9.52 Å². The minimum absolute atomic E-state index is 0.545. The zero-order valence-corrected chi connectivity index (χ0v) is 10.8. The maximum Gasteiger partial charge on any atom is 0.134 e. The van der Waals surface area contributed by atoms with Crippen LogP contribution in [0.3, 0.4) is 0 Å². The standard InChI is InChI=1S/C14H13NO2S/c1-9-2-3-13-10(4-9)5-14(17-13)12(16)6-11-7-15-8-18-11/h2-5,7-8,12,16H,6H2,1H3. The molecule has 0 fully saturated rings. The van der Waals surface area contributed by atoms with Gasteiger partial charge in [0.25, 0.3) is 0 Å². The highest BCUT2D eigenvalue weighted by Gasteiger charge is 2.14. The van der Waals surface area contributed by atoms with Crippen LogP contribution in [-0.2, 0) is 6.42 Å². The molecule has 18 heavy (non-hydrogen) atoms. The smallest absolute Gasteiger partial charge is 0.134 e. The average molecular weight is 259 g/mol. The van der Waals surface area contributed by atoms with Gasteiger partial charge in [-0.15, -0.1) is 11.3 Å². The van der Waals surface area contributed by atoms with Crippen molar-refractivity contribution in [1.29, 1.82) is 0 Å². The first kappa shape index (κ1) is 11.4. The molecule has 2 heterocycles. The van der Waals surface area contributed by atoms with Crippen molar-refractivity contribution in [3.63, 3.8) is 0 Å². The summed E-state index contributed by atoms with van der Waals surface area (Å²) in [5.74, 6) is 0.615. The van der Waals surface area contributed by atoms with Gasteiger partial charge >= 0.3 is 0 Å². The second-order valence-electron chi connectivity index (χ2n) is 4.38. The van der Waals surface area contributed by atoms with E-state index in [1.54, 1.807) is 23.0 Å². The molecule has 92 valence electrons. The summed E-state index contributed by atoms with van der Waals surface area (Å²) >= 11 is 1.54. The van der Waals surface area contributed by atoms with Crippen molar-refractivity contribution in [3.8, 4) is 0 Å². The molecular weight excluding hydrogens is 246 g/mol. The van der Waals surface area contributed by atoms with Crippen LogP contribution in [-0.4, -0.2) is 10.1 Å². The van der Waals surface area contributed by atoms with Gasteiger partial charge in [0.1, 0.15) is 17.4 Å². The first-order valence-electron chi connectivity index (χ1n) is 5.78. The van der Waals surface area contributed by atoms with Crippen LogP contribution in [0, 0.1) is 6.92 Å². The van der Waals surface area contributed by atoms with Crippen LogP contribution >= 0.6 is 11.3 Å². The minimum Gasteiger partial charge on any atom is -0.458 e. The van der Waals surface area contributed by atoms with E-state index in [-0.39, 0.29) is 0 Å². The molecule has 0 bridgehead atoms. The highest BCUT2D eigenvalue weighted by Crippen LogP contribution is 2.27. The van der Waals surface area contributed by atoms with Gasteiger partial charge in [0.05, 0.1) is 5.51 Å². The fourth-order valence-electron chi connectivity index (χ4n) is 1.98. The molecule has 0 saturated carbocycles. The maximum atomic E-state index is 10.1. The predicted molar refractivity (Wildman–Crippen MR) is 71.7 cm³/mol. The first-order chi connectivity index (χ1) is 8.72. The summed E-state index contributed by atoms with van der Waals surface area (Å²) in [6.07, 6.45) is 1.71. The molecule has 3 rings (SSSR count). The lowest BCUT2D eigenvalue weighted by molar-refractivity contribution is 0.153. The quantitative estimate of drug-likeness (QED) is 0.783. The van der Waals surface area contributed by atoms with E-state index in [1.165, 1.54) is 5.56 Å². The molecule has 3 nitrogen and oxygen atoms in total. The van der Waals surface area contributed by atoms with Crippen molar-refractivity contribution >= 4 is 22.3 Å². The third kappa shape index (κ3) is 2.17. The van der Waals surface area contributed by atoms with Crippen LogP contribution in [0.5, 0.6) is 0 Å². The Morgan fingerprint density at radius 3 is 3.06 bits per heavy atom. The number of hydrogen-bond acceptors (Lipinski definition) is 4. The fourth-order valence-corrected chi connectivity index (χ4v) is 2.61. The number of aliphatic hydroxyl groups excluding tert-OH is 1. The minimum atomic E-state index is -0.613. The Morgan fingerprint density at radius 1 is 1.39 bits per heavy atom. The van der Waals surface area contributed by atoms with Crippen molar-refractivity contribution < 1.29 is 9.52 Å². The molecule has 0 spiro atoms. The molecule has 1 atom stereocenters. The molecule has 0 radical (unpaired) electrons. The number of thiazole rings is 1. The number of fused-ring (bicyclic) bond motifs is 1. The molecule has 2 aromatic heterocycles. The number of aromatic nitrogens is 1. The molecule has 1 unspecified atom stereocenters. The lowest BCUT2D eigenvalue weighted by Gasteiger charge is -2.04. The van der Waals surface area contributed by atoms with Crippen molar-refractivity contribution in [3.05, 3.63) is 52.2 Å². The van der Waals surface area contributed by atoms with E-state index in [0.29, 0.717) is 12.2 Å². The molecular formula is C14H13NO2S. The summed E-state index contributed by atoms with van der Waals surface area (Å²) in [5.41, 5.74) is 3.77. The number of aliphatic hydroxyl groups is 1. The maximum absolute atomic E-state index is 10.1. The van der Waals surface area contributed by atoms with E-state index in [0.717, 1.165) is 15.8 Å². The number of benzene rings is 1. The highest BCUT2D eigenvalue weighted by molar-refractivity contribution is 7.09. The van der Waals surface area contributed by atoms with Gasteiger partial charge in [-0.25, -0.2) is 0 Å². The van der Waals surface area contributed by atoms with Crippen molar-refractivity contribution in [2.75, 3.05) is 0 Å². The van der Waals surface area contributed by atoms with Crippen LogP contribution in [0.1, 0.15) is 22.3 Å². The van der Waals surface area contributed by atoms with Crippen molar-refractivity contribution in [1.82, 2.24) is 4.98 Å². The van der Waals surface area contributed by atoms with Crippen LogP contribution in [0.15, 0.2) is 40.4 Å². The van der Waals surface area contributed by atoms with Gasteiger partial charge in [-0.3, -0.25) is 4.98 Å². The Kier molecular flexibility index (Phi) is 2.89. The Labute approximate surface area is 109 Å². The summed E-state index contributed by atoms with van der Waals surface area (Å²) < 4.78 is 5.67. The zero-order valence-electron chi connectivity index (χ0n) is 9.96. The summed E-state index contributed by atoms with van der Waals surface area (Å²) in [6.45, 7) is 2.04. The SMILES string of the molecule is Cc1ccc2oc(C(O)Cc3cncs3)cc2c1. The average Bonchev–Trinajstić information content (AvgIpc) is 2.96. The van der Waals surface area contributed by atoms with E-state index in [2.05, 4.69) is 11.1 Å². The van der Waals surface area contributed by atoms with Crippen LogP contribution < -0.4 is 0 Å². The number of rotatable bonds is 3. The zero-order chi connectivity index (χ0) is 12.5. The van der Waals surface area contributed by atoms with Gasteiger partial charge in [-0.05, 0) is 25.1 Å². The van der Waals surface area contributed by atoms with Crippen LogP contribution in [0.25, 0.3) is 11.0 Å². The largest absolute Gasteiger partial charge is 0.458 e. The molecule has 4 heteroatoms. The summed E-state index contributed by atoms with van der Waals surface area (Å²) in [4.78, 5) is 5.05. The van der Waals surface area contributed by atoms with Crippen LogP contribution in [0.4, 0.5) is 0 Å². The summed E-state index contributed by atoms with van der Waals surface area (Å²) in [6, 6.07) is 7.91. The Hall–Kier alpha value is -1.65. The van der Waals surface area contributed by atoms with E-state index >= 15 is 0 Å². The van der Waals surface area contributed by atoms with E-state index in [1.807, 2.05) is 25.1 Å². The van der Waals surface area contributed by atoms with Gasteiger partial charge in [-0.2, -0.15) is 0 Å². The number of hydrogen-bond donors (Lipinski definition) is 1. The van der Waals surface area contributed by atoms with Gasteiger partial charge in [0.15, 0.2) is 0 Å². The summed E-state index contributed by atoms with van der Waals surface area (Å²) in [7, 11) is 0. The molecule has 1 aromatic carbocycles. The number of nitrogens with zero attached hydrogens (tertiary/aromatic N) is 1. The predicted octanol–water partition coefficient (Wildman–Crippen LogP) is 3.47. The fraction of sp³-hybridized carbons (Fsp3) is 0.214. The third-order valence-corrected chi connectivity index (χ3v) is 3.70. The Bertz CT molecular complexity index is 658. The van der Waals surface area contributed by atoms with E-state index < -0.39 is 6.10 Å². The van der Waals surface area contributed by atoms with Crippen LogP contribution in [0.2, 0.25) is 0 Å². The van der Waals surface area contributed by atoms with Gasteiger partial charge in [-0.1, -0.05) is 11.6 Å². The molecule has 0 amide bonds. The first-order valence-corrected chi connectivity index (χ1v) is 6.66. The number of aryl methyl sites for hydroxylation is 1. The van der Waals surface area contributed by atoms with Crippen molar-refractivity contribution in [2.45, 2.75) is 19.4 Å². The lowest BCUT2D eigenvalue weighted by Crippen LogP contribution is -1.98. The van der Waals surface area contributed by atoms with E-state index in [9.17, 15) is 5.11 Å².